The van der Waals surface area contributed by atoms with Crippen molar-refractivity contribution in [1.29, 1.82) is 0 Å². The first kappa shape index (κ1) is 12.1. The first-order valence-corrected chi connectivity index (χ1v) is 6.98. The monoisotopic (exact) mass is 281 g/mol. The van der Waals surface area contributed by atoms with Crippen LogP contribution in [0, 0.1) is 11.8 Å². The molecule has 1 aliphatic rings. The summed E-state index contributed by atoms with van der Waals surface area (Å²) in [6, 6.07) is 8.53. The van der Waals surface area contributed by atoms with Gasteiger partial charge in [0.2, 0.25) is 0 Å². The topological polar surface area (TPSA) is 12.0 Å². The van der Waals surface area contributed by atoms with Gasteiger partial charge >= 0.3 is 0 Å². The molecule has 0 aliphatic heterocycles. The van der Waals surface area contributed by atoms with Crippen molar-refractivity contribution in [3.63, 3.8) is 0 Å². The number of hydrogen-bond acceptors (Lipinski definition) is 1. The second-order valence-electron chi connectivity index (χ2n) is 5.05. The Bertz CT molecular complexity index is 337. The molecule has 2 heteroatoms. The third kappa shape index (κ3) is 3.60. The summed E-state index contributed by atoms with van der Waals surface area (Å²) >= 11 is 3.50. The van der Waals surface area contributed by atoms with E-state index in [-0.39, 0.29) is 0 Å². The summed E-state index contributed by atoms with van der Waals surface area (Å²) in [5.74, 6) is 1.85. The molecule has 1 fully saturated rings. The van der Waals surface area contributed by atoms with Gasteiger partial charge in [0.05, 0.1) is 0 Å². The lowest BCUT2D eigenvalue weighted by atomic mass is 10.1. The van der Waals surface area contributed by atoms with E-state index in [4.69, 9.17) is 0 Å². The molecule has 0 bridgehead atoms. The molecule has 2 atom stereocenters. The Morgan fingerprint density at radius 2 is 2.25 bits per heavy atom. The fourth-order valence-corrected chi connectivity index (χ4v) is 3.02. The van der Waals surface area contributed by atoms with Crippen molar-refractivity contribution in [3.05, 3.63) is 34.3 Å². The van der Waals surface area contributed by atoms with Gasteiger partial charge in [-0.3, -0.25) is 0 Å². The molecule has 88 valence electrons. The zero-order valence-electron chi connectivity index (χ0n) is 9.88. The van der Waals surface area contributed by atoms with Gasteiger partial charge in [-0.1, -0.05) is 41.4 Å². The average molecular weight is 282 g/mol. The van der Waals surface area contributed by atoms with Crippen LogP contribution in [0.25, 0.3) is 0 Å². The van der Waals surface area contributed by atoms with E-state index in [9.17, 15) is 0 Å². The molecular formula is C14H20BrN. The maximum absolute atomic E-state index is 3.57. The summed E-state index contributed by atoms with van der Waals surface area (Å²) in [6.45, 7) is 4.54. The SMILES string of the molecule is CC1CCC(CNCc2cccc(Br)c2)C1. The highest BCUT2D eigenvalue weighted by atomic mass is 79.9. The minimum atomic E-state index is 0.905. The third-order valence-corrected chi connectivity index (χ3v) is 3.95. The Morgan fingerprint density at radius 1 is 1.38 bits per heavy atom. The molecule has 2 unspecified atom stereocenters. The van der Waals surface area contributed by atoms with Crippen molar-refractivity contribution in [2.24, 2.45) is 11.8 Å². The Kier molecular flexibility index (Phi) is 4.42. The fraction of sp³-hybridized carbons (Fsp3) is 0.571. The van der Waals surface area contributed by atoms with Crippen LogP contribution in [0.5, 0.6) is 0 Å². The third-order valence-electron chi connectivity index (χ3n) is 3.45. The van der Waals surface area contributed by atoms with Gasteiger partial charge in [0.1, 0.15) is 0 Å². The van der Waals surface area contributed by atoms with Gasteiger partial charge in [0.25, 0.3) is 0 Å². The van der Waals surface area contributed by atoms with Gasteiger partial charge in [-0.25, -0.2) is 0 Å². The van der Waals surface area contributed by atoms with E-state index in [1.54, 1.807) is 0 Å². The van der Waals surface area contributed by atoms with Gasteiger partial charge in [-0.2, -0.15) is 0 Å². The van der Waals surface area contributed by atoms with Gasteiger partial charge < -0.3 is 5.32 Å². The normalized spacial score (nSPS) is 24.9. The van der Waals surface area contributed by atoms with E-state index >= 15 is 0 Å². The summed E-state index contributed by atoms with van der Waals surface area (Å²) in [7, 11) is 0. The summed E-state index contributed by atoms with van der Waals surface area (Å²) in [5.41, 5.74) is 1.36. The van der Waals surface area contributed by atoms with E-state index < -0.39 is 0 Å². The zero-order valence-corrected chi connectivity index (χ0v) is 11.5. The van der Waals surface area contributed by atoms with Crippen molar-refractivity contribution < 1.29 is 0 Å². The lowest BCUT2D eigenvalue weighted by Gasteiger charge is -2.11. The van der Waals surface area contributed by atoms with Crippen LogP contribution in [0.3, 0.4) is 0 Å². The number of benzene rings is 1. The molecular weight excluding hydrogens is 262 g/mol. The standard InChI is InChI=1S/C14H20BrN/c1-11-5-6-13(7-11)10-16-9-12-3-2-4-14(15)8-12/h2-4,8,11,13,16H,5-7,9-10H2,1H3. The van der Waals surface area contributed by atoms with E-state index in [1.807, 2.05) is 0 Å². The minimum Gasteiger partial charge on any atom is -0.312 e. The van der Waals surface area contributed by atoms with Crippen LogP contribution in [-0.2, 0) is 6.54 Å². The van der Waals surface area contributed by atoms with Crippen molar-refractivity contribution in [3.8, 4) is 0 Å². The maximum atomic E-state index is 3.57. The zero-order chi connectivity index (χ0) is 11.4. The highest BCUT2D eigenvalue weighted by molar-refractivity contribution is 9.10. The quantitative estimate of drug-likeness (QED) is 0.881. The van der Waals surface area contributed by atoms with Crippen LogP contribution in [0.1, 0.15) is 31.7 Å². The van der Waals surface area contributed by atoms with Crippen LogP contribution in [0.15, 0.2) is 28.7 Å². The molecule has 1 aromatic rings. The molecule has 0 heterocycles. The van der Waals surface area contributed by atoms with Gasteiger partial charge in [0, 0.05) is 11.0 Å². The predicted octanol–water partition coefficient (Wildman–Crippen LogP) is 3.97. The molecule has 1 saturated carbocycles. The lowest BCUT2D eigenvalue weighted by Crippen LogP contribution is -2.20. The molecule has 16 heavy (non-hydrogen) atoms. The molecule has 0 amide bonds. The predicted molar refractivity (Wildman–Crippen MR) is 72.4 cm³/mol. The largest absolute Gasteiger partial charge is 0.312 e. The highest BCUT2D eigenvalue weighted by Crippen LogP contribution is 2.29. The van der Waals surface area contributed by atoms with Gasteiger partial charge in [-0.05, 0) is 48.9 Å². The van der Waals surface area contributed by atoms with Crippen molar-refractivity contribution >= 4 is 15.9 Å². The average Bonchev–Trinajstić information content (AvgIpc) is 2.64. The van der Waals surface area contributed by atoms with Crippen LogP contribution in [0.2, 0.25) is 0 Å². The molecule has 1 aliphatic carbocycles. The van der Waals surface area contributed by atoms with E-state index in [2.05, 4.69) is 52.4 Å². The lowest BCUT2D eigenvalue weighted by molar-refractivity contribution is 0.470. The summed E-state index contributed by atoms with van der Waals surface area (Å²) in [5, 5.41) is 3.57. The Hall–Kier alpha value is -0.340. The van der Waals surface area contributed by atoms with Crippen LogP contribution in [0.4, 0.5) is 0 Å². The fourth-order valence-electron chi connectivity index (χ4n) is 2.58. The second-order valence-corrected chi connectivity index (χ2v) is 5.96. The molecule has 1 N–H and O–H groups in total. The van der Waals surface area contributed by atoms with Crippen molar-refractivity contribution in [2.75, 3.05) is 6.54 Å². The summed E-state index contributed by atoms with van der Waals surface area (Å²) in [6.07, 6.45) is 4.24. The van der Waals surface area contributed by atoms with Crippen LogP contribution >= 0.6 is 15.9 Å². The number of nitrogens with one attached hydrogen (secondary N) is 1. The Morgan fingerprint density at radius 3 is 2.94 bits per heavy atom. The number of halogens is 1. The van der Waals surface area contributed by atoms with Crippen LogP contribution < -0.4 is 5.32 Å². The van der Waals surface area contributed by atoms with Crippen LogP contribution in [-0.4, -0.2) is 6.54 Å². The maximum Gasteiger partial charge on any atom is 0.0206 e. The Balaban J connectivity index is 1.72. The molecule has 2 rings (SSSR count). The number of hydrogen-bond donors (Lipinski definition) is 1. The first-order valence-electron chi connectivity index (χ1n) is 6.19. The second kappa shape index (κ2) is 5.83. The van der Waals surface area contributed by atoms with E-state index in [1.165, 1.54) is 35.8 Å². The molecule has 1 nitrogen and oxygen atoms in total. The smallest absolute Gasteiger partial charge is 0.0206 e. The molecule has 0 saturated heterocycles. The molecule has 0 radical (unpaired) electrons. The first-order chi connectivity index (χ1) is 7.74. The summed E-state index contributed by atoms with van der Waals surface area (Å²) in [4.78, 5) is 0. The van der Waals surface area contributed by atoms with Gasteiger partial charge in [-0.15, -0.1) is 0 Å². The summed E-state index contributed by atoms with van der Waals surface area (Å²) < 4.78 is 1.17. The van der Waals surface area contributed by atoms with Crippen molar-refractivity contribution in [2.45, 2.75) is 32.7 Å². The van der Waals surface area contributed by atoms with E-state index in [0.29, 0.717) is 0 Å². The van der Waals surface area contributed by atoms with E-state index in [0.717, 1.165) is 18.4 Å². The molecule has 1 aromatic carbocycles. The molecule has 0 aromatic heterocycles. The number of rotatable bonds is 4. The highest BCUT2D eigenvalue weighted by Gasteiger charge is 2.20. The minimum absolute atomic E-state index is 0.905. The van der Waals surface area contributed by atoms with Gasteiger partial charge in [0.15, 0.2) is 0 Å². The molecule has 0 spiro atoms. The van der Waals surface area contributed by atoms with Crippen molar-refractivity contribution in [1.82, 2.24) is 5.32 Å². The Labute approximate surface area is 107 Å².